The van der Waals surface area contributed by atoms with Crippen LogP contribution in [-0.4, -0.2) is 36.6 Å². The van der Waals surface area contributed by atoms with Crippen molar-refractivity contribution in [3.63, 3.8) is 0 Å². The quantitative estimate of drug-likeness (QED) is 0.836. The number of nitrogens with one attached hydrogen (secondary N) is 1. The van der Waals surface area contributed by atoms with Crippen LogP contribution in [0, 0.1) is 17.8 Å². The van der Waals surface area contributed by atoms with E-state index < -0.39 is 28.5 Å². The van der Waals surface area contributed by atoms with Crippen LogP contribution in [0.3, 0.4) is 0 Å². The van der Waals surface area contributed by atoms with E-state index in [2.05, 4.69) is 5.10 Å². The Labute approximate surface area is 126 Å². The van der Waals surface area contributed by atoms with E-state index in [0.717, 1.165) is 10.9 Å². The minimum atomic E-state index is -4.05. The highest BCUT2D eigenvalue weighted by molar-refractivity contribution is 7.90. The maximum absolute atomic E-state index is 12.2. The highest BCUT2D eigenvalue weighted by Crippen LogP contribution is 2.46. The first-order valence-electron chi connectivity index (χ1n) is 7.08. The number of rotatable bonds is 5. The maximum atomic E-state index is 12.2. The number of nitrogens with zero attached hydrogens (tertiary/aromatic N) is 2. The number of aromatic nitrogens is 2. The topological polar surface area (TPSA) is 98.1 Å². The number of ketones is 1. The zero-order chi connectivity index (χ0) is 15.9. The summed E-state index contributed by atoms with van der Waals surface area (Å²) in [5.41, 5.74) is 0. The normalized spacial score (nSPS) is 27.3. The summed E-state index contributed by atoms with van der Waals surface area (Å²) < 4.78 is 39.7. The van der Waals surface area contributed by atoms with E-state index in [-0.39, 0.29) is 29.1 Å². The van der Waals surface area contributed by atoms with Crippen molar-refractivity contribution in [1.29, 1.82) is 0 Å². The molecule has 2 aliphatic carbocycles. The number of Topliss-reactive ketones (excluding diaryl/α,β-unsaturated/α-hetero) is 1. The average Bonchev–Trinajstić information content (AvgIpc) is 3.12. The maximum Gasteiger partial charge on any atom is 0.267 e. The van der Waals surface area contributed by atoms with Gasteiger partial charge in [-0.25, -0.2) is 17.5 Å². The van der Waals surface area contributed by atoms with Gasteiger partial charge in [0.05, 0.1) is 12.7 Å². The Morgan fingerprint density at radius 3 is 2.86 bits per heavy atom. The summed E-state index contributed by atoms with van der Waals surface area (Å²) in [4.78, 5) is 23.7. The number of hydrogen-bond donors (Lipinski definition) is 1. The third kappa shape index (κ3) is 2.65. The lowest BCUT2D eigenvalue weighted by molar-refractivity contribution is -0.132. The molecule has 0 spiro atoms. The first-order chi connectivity index (χ1) is 10.4. The zero-order valence-electron chi connectivity index (χ0n) is 11.7. The van der Waals surface area contributed by atoms with Crippen LogP contribution in [0.15, 0.2) is 17.3 Å². The third-order valence-electron chi connectivity index (χ3n) is 4.37. The van der Waals surface area contributed by atoms with E-state index in [9.17, 15) is 22.4 Å². The molecule has 1 aromatic rings. The van der Waals surface area contributed by atoms with Gasteiger partial charge in [0.2, 0.25) is 5.91 Å². The summed E-state index contributed by atoms with van der Waals surface area (Å²) in [5.74, 6) is -1.32. The van der Waals surface area contributed by atoms with Crippen molar-refractivity contribution < 1.29 is 22.4 Å². The van der Waals surface area contributed by atoms with Gasteiger partial charge in [0, 0.05) is 24.5 Å². The predicted octanol–water partition coefficient (Wildman–Crippen LogP) is 0.273. The van der Waals surface area contributed by atoms with Gasteiger partial charge >= 0.3 is 0 Å². The first-order valence-corrected chi connectivity index (χ1v) is 8.57. The van der Waals surface area contributed by atoms with E-state index in [1.165, 1.54) is 6.20 Å². The van der Waals surface area contributed by atoms with Gasteiger partial charge in [0.25, 0.3) is 10.0 Å². The van der Waals surface area contributed by atoms with E-state index >= 15 is 0 Å². The number of sulfonamides is 1. The van der Waals surface area contributed by atoms with Crippen LogP contribution in [0.25, 0.3) is 0 Å². The van der Waals surface area contributed by atoms with E-state index in [4.69, 9.17) is 0 Å². The Hall–Kier alpha value is -1.77. The molecule has 22 heavy (non-hydrogen) atoms. The molecule has 2 fully saturated rings. The molecule has 0 aromatic carbocycles. The summed E-state index contributed by atoms with van der Waals surface area (Å²) in [5, 5.41) is 3.72. The van der Waals surface area contributed by atoms with Crippen molar-refractivity contribution >= 4 is 21.7 Å². The van der Waals surface area contributed by atoms with Crippen LogP contribution in [0.5, 0.6) is 0 Å². The van der Waals surface area contributed by atoms with Crippen LogP contribution in [0.4, 0.5) is 4.39 Å². The monoisotopic (exact) mass is 329 g/mol. The molecule has 2 bridgehead atoms. The lowest BCUT2D eigenvalue weighted by Gasteiger charge is -2.19. The highest BCUT2D eigenvalue weighted by atomic mass is 32.2. The number of amides is 1. The molecule has 0 saturated heterocycles. The fourth-order valence-electron chi connectivity index (χ4n) is 3.35. The molecule has 2 aliphatic rings. The lowest BCUT2D eigenvalue weighted by Crippen LogP contribution is -2.39. The summed E-state index contributed by atoms with van der Waals surface area (Å²) in [7, 11) is -4.05. The average molecular weight is 329 g/mol. The van der Waals surface area contributed by atoms with Gasteiger partial charge in [-0.05, 0) is 18.8 Å². The molecular formula is C13H16FN3O4S. The number of hydrogen-bond acceptors (Lipinski definition) is 5. The minimum Gasteiger partial charge on any atom is -0.299 e. The summed E-state index contributed by atoms with van der Waals surface area (Å²) in [6.07, 6.45) is 3.96. The Kier molecular flexibility index (Phi) is 3.75. The van der Waals surface area contributed by atoms with Crippen molar-refractivity contribution in [2.24, 2.45) is 17.8 Å². The Morgan fingerprint density at radius 2 is 2.23 bits per heavy atom. The molecule has 2 saturated carbocycles. The Balaban J connectivity index is 1.71. The van der Waals surface area contributed by atoms with Crippen LogP contribution in [0.1, 0.15) is 19.3 Å². The SMILES string of the molecule is O=C(NS(=O)(=O)c1cnn(CCF)c1)C1C[C@H]2CC(=O)[C@@H]1C2. The smallest absolute Gasteiger partial charge is 0.267 e. The van der Waals surface area contributed by atoms with Crippen molar-refractivity contribution in [1.82, 2.24) is 14.5 Å². The fourth-order valence-corrected chi connectivity index (χ4v) is 4.33. The Morgan fingerprint density at radius 1 is 1.45 bits per heavy atom. The fraction of sp³-hybridized carbons (Fsp3) is 0.615. The number of carbonyl (C=O) groups is 2. The lowest BCUT2D eigenvalue weighted by atomic mass is 9.87. The molecule has 3 atom stereocenters. The molecule has 1 amide bonds. The summed E-state index contributed by atoms with van der Waals surface area (Å²) in [6.45, 7) is -0.717. The number of halogens is 1. The second-order valence-corrected chi connectivity index (χ2v) is 7.50. The predicted molar refractivity (Wildman–Crippen MR) is 72.9 cm³/mol. The minimum absolute atomic E-state index is 0.0459. The standard InChI is InChI=1S/C13H16FN3O4S/c14-1-2-17-7-9(6-15-17)22(20,21)16-13(19)11-4-8-3-10(11)12(18)5-8/h6-8,10-11H,1-5H2,(H,16,19)/t8-,10+,11?/m0/s1. The second-order valence-electron chi connectivity index (χ2n) is 5.82. The van der Waals surface area contributed by atoms with Gasteiger partial charge in [-0.3, -0.25) is 14.3 Å². The van der Waals surface area contributed by atoms with Gasteiger partial charge in [-0.2, -0.15) is 5.10 Å². The van der Waals surface area contributed by atoms with Crippen molar-refractivity contribution in [3.8, 4) is 0 Å². The van der Waals surface area contributed by atoms with Crippen LogP contribution in [-0.2, 0) is 26.2 Å². The first kappa shape index (κ1) is 15.1. The number of aryl methyl sites for hydroxylation is 1. The molecule has 9 heteroatoms. The number of fused-ring (bicyclic) bond motifs is 2. The van der Waals surface area contributed by atoms with Crippen LogP contribution in [0.2, 0.25) is 0 Å². The summed E-state index contributed by atoms with van der Waals surface area (Å²) in [6, 6.07) is 0. The zero-order valence-corrected chi connectivity index (χ0v) is 12.6. The number of carbonyl (C=O) groups excluding carboxylic acids is 2. The van der Waals surface area contributed by atoms with Crippen LogP contribution < -0.4 is 4.72 Å². The van der Waals surface area contributed by atoms with E-state index in [0.29, 0.717) is 19.3 Å². The second kappa shape index (κ2) is 5.45. The van der Waals surface area contributed by atoms with Crippen molar-refractivity contribution in [2.45, 2.75) is 30.7 Å². The molecule has 120 valence electrons. The molecule has 7 nitrogen and oxygen atoms in total. The van der Waals surface area contributed by atoms with Gasteiger partial charge in [0.15, 0.2) is 0 Å². The molecule has 3 rings (SSSR count). The third-order valence-corrected chi connectivity index (χ3v) is 5.67. The highest BCUT2D eigenvalue weighted by Gasteiger charge is 2.49. The molecular weight excluding hydrogens is 313 g/mol. The number of alkyl halides is 1. The van der Waals surface area contributed by atoms with Gasteiger partial charge < -0.3 is 0 Å². The Bertz CT molecular complexity index is 715. The van der Waals surface area contributed by atoms with Gasteiger partial charge in [-0.1, -0.05) is 0 Å². The van der Waals surface area contributed by atoms with E-state index in [1.807, 2.05) is 4.72 Å². The molecule has 0 aliphatic heterocycles. The molecule has 1 aromatic heterocycles. The van der Waals surface area contributed by atoms with Crippen molar-refractivity contribution in [3.05, 3.63) is 12.4 Å². The summed E-state index contributed by atoms with van der Waals surface area (Å²) >= 11 is 0. The van der Waals surface area contributed by atoms with Crippen molar-refractivity contribution in [2.75, 3.05) is 6.67 Å². The molecule has 1 N–H and O–H groups in total. The molecule has 0 radical (unpaired) electrons. The van der Waals surface area contributed by atoms with E-state index in [1.54, 1.807) is 0 Å². The largest absolute Gasteiger partial charge is 0.299 e. The molecule has 1 heterocycles. The molecule has 1 unspecified atom stereocenters. The van der Waals surface area contributed by atoms with Gasteiger partial charge in [-0.15, -0.1) is 0 Å². The van der Waals surface area contributed by atoms with Crippen LogP contribution >= 0.6 is 0 Å². The van der Waals surface area contributed by atoms with Gasteiger partial charge in [0.1, 0.15) is 17.4 Å².